The molecule has 0 fully saturated rings. The number of hydrogen-bond acceptors (Lipinski definition) is 8. The molecule has 0 rings (SSSR count). The van der Waals surface area contributed by atoms with Crippen molar-refractivity contribution in [3.8, 4) is 0 Å². The molecule has 0 aromatic carbocycles. The van der Waals surface area contributed by atoms with Gasteiger partial charge in [0.1, 0.15) is 6.61 Å². The van der Waals surface area contributed by atoms with E-state index < -0.39 is 26.5 Å². The van der Waals surface area contributed by atoms with Crippen molar-refractivity contribution in [1.82, 2.24) is 0 Å². The summed E-state index contributed by atoms with van der Waals surface area (Å²) >= 11 is 0. The molecular weight excluding hydrogens is 641 g/mol. The maximum atomic E-state index is 12.5. The van der Waals surface area contributed by atoms with Crippen molar-refractivity contribution in [2.24, 2.45) is 5.73 Å². The second kappa shape index (κ2) is 36.5. The highest BCUT2D eigenvalue weighted by Gasteiger charge is 2.26. The molecule has 1 unspecified atom stereocenters. The standard InChI is InChI=1S/C39H76NO8P/c1-3-5-7-9-11-13-15-17-18-20-21-23-25-27-29-31-38(41)45-35-37(36-47-49(43,44)46-34-33-40)48-39(42)32-30-28-26-24-22-19-16-14-12-10-8-6-4-2/h13,15,37H,3-12,14,16-36,40H2,1-2H3,(H,43,44)/b15-13-/t37-/m1/s1. The average molecular weight is 718 g/mol. The molecule has 0 aromatic rings. The molecule has 9 nitrogen and oxygen atoms in total. The van der Waals surface area contributed by atoms with Crippen LogP contribution in [0.1, 0.15) is 194 Å². The summed E-state index contributed by atoms with van der Waals surface area (Å²) in [4.78, 5) is 34.7. The number of phosphoric acid groups is 1. The van der Waals surface area contributed by atoms with Crippen LogP contribution >= 0.6 is 7.82 Å². The molecule has 290 valence electrons. The summed E-state index contributed by atoms with van der Waals surface area (Å²) in [6.07, 6.45) is 35.2. The van der Waals surface area contributed by atoms with E-state index in [1.165, 1.54) is 116 Å². The van der Waals surface area contributed by atoms with E-state index in [4.69, 9.17) is 24.3 Å². The fourth-order valence-electron chi connectivity index (χ4n) is 5.63. The molecule has 0 aliphatic rings. The average Bonchev–Trinajstić information content (AvgIpc) is 3.08. The van der Waals surface area contributed by atoms with E-state index in [1.807, 2.05) is 0 Å². The van der Waals surface area contributed by atoms with E-state index in [1.54, 1.807) is 0 Å². The van der Waals surface area contributed by atoms with E-state index in [9.17, 15) is 19.0 Å². The molecule has 0 aliphatic carbocycles. The molecule has 3 N–H and O–H groups in total. The van der Waals surface area contributed by atoms with E-state index in [-0.39, 0.29) is 38.6 Å². The van der Waals surface area contributed by atoms with Gasteiger partial charge >= 0.3 is 19.8 Å². The Labute approximate surface area is 300 Å². The maximum Gasteiger partial charge on any atom is 0.472 e. The minimum atomic E-state index is -4.37. The van der Waals surface area contributed by atoms with Crippen LogP contribution in [0.15, 0.2) is 12.2 Å². The summed E-state index contributed by atoms with van der Waals surface area (Å²) in [5.41, 5.74) is 5.33. The molecule has 0 heterocycles. The van der Waals surface area contributed by atoms with E-state index in [0.29, 0.717) is 6.42 Å². The Morgan fingerprint density at radius 2 is 1.00 bits per heavy atom. The minimum Gasteiger partial charge on any atom is -0.462 e. The highest BCUT2D eigenvalue weighted by molar-refractivity contribution is 7.47. The molecule has 10 heteroatoms. The van der Waals surface area contributed by atoms with Crippen molar-refractivity contribution in [2.75, 3.05) is 26.4 Å². The van der Waals surface area contributed by atoms with Crippen LogP contribution in [0.4, 0.5) is 0 Å². The number of nitrogens with two attached hydrogens (primary N) is 1. The molecule has 49 heavy (non-hydrogen) atoms. The summed E-state index contributed by atoms with van der Waals surface area (Å²) in [6.45, 7) is 3.72. The zero-order chi connectivity index (χ0) is 36.1. The van der Waals surface area contributed by atoms with Gasteiger partial charge in [0.15, 0.2) is 6.10 Å². The van der Waals surface area contributed by atoms with Crippen LogP contribution in [0.25, 0.3) is 0 Å². The molecule has 0 spiro atoms. The number of phosphoric ester groups is 1. The van der Waals surface area contributed by atoms with Crippen molar-refractivity contribution in [3.63, 3.8) is 0 Å². The van der Waals surface area contributed by atoms with Gasteiger partial charge < -0.3 is 20.1 Å². The number of carbonyl (C=O) groups is 2. The van der Waals surface area contributed by atoms with E-state index in [2.05, 4.69) is 26.0 Å². The van der Waals surface area contributed by atoms with Gasteiger partial charge in [-0.25, -0.2) is 4.57 Å². The van der Waals surface area contributed by atoms with Crippen LogP contribution in [0.3, 0.4) is 0 Å². The normalized spacial score (nSPS) is 13.5. The van der Waals surface area contributed by atoms with Gasteiger partial charge in [0.2, 0.25) is 0 Å². The topological polar surface area (TPSA) is 134 Å². The lowest BCUT2D eigenvalue weighted by Crippen LogP contribution is -2.29. The number of allylic oxidation sites excluding steroid dienone is 2. The fourth-order valence-corrected chi connectivity index (χ4v) is 6.39. The van der Waals surface area contributed by atoms with Crippen LogP contribution in [0.2, 0.25) is 0 Å². The Kier molecular flexibility index (Phi) is 35.6. The van der Waals surface area contributed by atoms with Crippen LogP contribution < -0.4 is 5.73 Å². The van der Waals surface area contributed by atoms with E-state index in [0.717, 1.165) is 44.9 Å². The molecule has 0 saturated carbocycles. The first kappa shape index (κ1) is 47.8. The first-order valence-electron chi connectivity index (χ1n) is 20.2. The summed E-state index contributed by atoms with van der Waals surface area (Å²) in [7, 11) is -4.37. The lowest BCUT2D eigenvalue weighted by Gasteiger charge is -2.19. The Morgan fingerprint density at radius 1 is 0.592 bits per heavy atom. The maximum absolute atomic E-state index is 12.5. The highest BCUT2D eigenvalue weighted by Crippen LogP contribution is 2.43. The van der Waals surface area contributed by atoms with Crippen LogP contribution in [0.5, 0.6) is 0 Å². The lowest BCUT2D eigenvalue weighted by atomic mass is 10.0. The number of unbranched alkanes of at least 4 members (excludes halogenated alkanes) is 23. The third-order valence-corrected chi connectivity index (χ3v) is 9.64. The highest BCUT2D eigenvalue weighted by atomic mass is 31.2. The van der Waals surface area contributed by atoms with Gasteiger partial charge in [0.25, 0.3) is 0 Å². The summed E-state index contributed by atoms with van der Waals surface area (Å²) in [5.74, 6) is -0.826. The molecule has 0 bridgehead atoms. The zero-order valence-corrected chi connectivity index (χ0v) is 32.6. The van der Waals surface area contributed by atoms with Gasteiger partial charge in [-0.2, -0.15) is 0 Å². The first-order chi connectivity index (χ1) is 23.8. The molecule has 0 aromatic heterocycles. The number of rotatable bonds is 38. The van der Waals surface area contributed by atoms with E-state index >= 15 is 0 Å². The molecule has 0 amide bonds. The Balaban J connectivity index is 4.17. The SMILES string of the molecule is CCCCCC/C=C\CCCCCCCCCC(=O)OC[C@H](COP(=O)(O)OCCN)OC(=O)CCCCCCCCCCCCCCC. The Hall–Kier alpha value is -1.25. The number of carbonyl (C=O) groups excluding carboxylic acids is 2. The summed E-state index contributed by atoms with van der Waals surface area (Å²) in [5, 5.41) is 0. The second-order valence-electron chi connectivity index (χ2n) is 13.5. The van der Waals surface area contributed by atoms with Crippen molar-refractivity contribution in [1.29, 1.82) is 0 Å². The third kappa shape index (κ3) is 36.3. The van der Waals surface area contributed by atoms with Gasteiger partial charge in [0, 0.05) is 19.4 Å². The van der Waals surface area contributed by atoms with Crippen molar-refractivity contribution in [3.05, 3.63) is 12.2 Å². The summed E-state index contributed by atoms with van der Waals surface area (Å²) in [6, 6.07) is 0. The quantitative estimate of drug-likeness (QED) is 0.0277. The second-order valence-corrected chi connectivity index (χ2v) is 15.0. The smallest absolute Gasteiger partial charge is 0.462 e. The molecular formula is C39H76NO8P. The number of ether oxygens (including phenoxy) is 2. The first-order valence-corrected chi connectivity index (χ1v) is 21.7. The van der Waals surface area contributed by atoms with Gasteiger partial charge in [-0.05, 0) is 38.5 Å². The largest absolute Gasteiger partial charge is 0.472 e. The predicted molar refractivity (Wildman–Crippen MR) is 201 cm³/mol. The van der Waals surface area contributed by atoms with Crippen LogP contribution in [0, 0.1) is 0 Å². The lowest BCUT2D eigenvalue weighted by molar-refractivity contribution is -0.161. The molecule has 2 atom stereocenters. The zero-order valence-electron chi connectivity index (χ0n) is 31.7. The third-order valence-electron chi connectivity index (χ3n) is 8.65. The molecule has 0 aliphatic heterocycles. The monoisotopic (exact) mass is 718 g/mol. The molecule has 0 radical (unpaired) electrons. The van der Waals surface area contributed by atoms with Gasteiger partial charge in [0.05, 0.1) is 13.2 Å². The van der Waals surface area contributed by atoms with Gasteiger partial charge in [-0.15, -0.1) is 0 Å². The van der Waals surface area contributed by atoms with Crippen LogP contribution in [-0.2, 0) is 32.7 Å². The number of hydrogen-bond donors (Lipinski definition) is 2. The van der Waals surface area contributed by atoms with Crippen molar-refractivity contribution < 1.29 is 37.6 Å². The van der Waals surface area contributed by atoms with Gasteiger partial charge in [-0.3, -0.25) is 18.6 Å². The summed E-state index contributed by atoms with van der Waals surface area (Å²) < 4.78 is 32.7. The Bertz CT molecular complexity index is 825. The fraction of sp³-hybridized carbons (Fsp3) is 0.897. The number of esters is 2. The van der Waals surface area contributed by atoms with Gasteiger partial charge in [-0.1, -0.05) is 154 Å². The Morgan fingerprint density at radius 3 is 1.47 bits per heavy atom. The predicted octanol–water partition coefficient (Wildman–Crippen LogP) is 11.1. The molecule has 0 saturated heterocycles. The van der Waals surface area contributed by atoms with Crippen molar-refractivity contribution >= 4 is 19.8 Å². The minimum absolute atomic E-state index is 0.0555. The van der Waals surface area contributed by atoms with Crippen molar-refractivity contribution in [2.45, 2.75) is 200 Å². The van der Waals surface area contributed by atoms with Crippen LogP contribution in [-0.4, -0.2) is 49.3 Å².